The summed E-state index contributed by atoms with van der Waals surface area (Å²) in [5.41, 5.74) is 0. The smallest absolute Gasteiger partial charge is 0.335 e. The molecule has 64 heavy (non-hydrogen) atoms. The van der Waals surface area contributed by atoms with Crippen LogP contribution in [0.4, 0.5) is 0 Å². The number of carbonyl (C=O) groups is 3. The van der Waals surface area contributed by atoms with Crippen molar-refractivity contribution >= 4 is 17.9 Å². The summed E-state index contributed by atoms with van der Waals surface area (Å²) >= 11 is 0. The van der Waals surface area contributed by atoms with E-state index in [1.54, 1.807) is 0 Å². The van der Waals surface area contributed by atoms with Gasteiger partial charge >= 0.3 is 17.9 Å². The van der Waals surface area contributed by atoms with Gasteiger partial charge in [-0.2, -0.15) is 0 Å². The van der Waals surface area contributed by atoms with Crippen LogP contribution in [0, 0.1) is 0 Å². The fourth-order valence-corrected chi connectivity index (χ4v) is 8.15. The molecule has 6 unspecified atom stereocenters. The van der Waals surface area contributed by atoms with Gasteiger partial charge in [0.25, 0.3) is 0 Å². The van der Waals surface area contributed by atoms with Gasteiger partial charge in [0.1, 0.15) is 24.9 Å². The van der Waals surface area contributed by atoms with Crippen molar-refractivity contribution in [2.24, 2.45) is 0 Å². The summed E-state index contributed by atoms with van der Waals surface area (Å²) in [7, 11) is 0. The molecule has 0 bridgehead atoms. The lowest BCUT2D eigenvalue weighted by atomic mass is 9.99. The highest BCUT2D eigenvalue weighted by Crippen LogP contribution is 2.23. The molecule has 0 aromatic rings. The van der Waals surface area contributed by atoms with E-state index in [1.807, 2.05) is 0 Å². The molecular formula is C53H96O11. The first-order valence-electron chi connectivity index (χ1n) is 26.4. The zero-order valence-electron chi connectivity index (χ0n) is 40.8. The molecule has 0 spiro atoms. The second kappa shape index (κ2) is 43.3. The monoisotopic (exact) mass is 909 g/mol. The Morgan fingerprint density at radius 2 is 0.875 bits per heavy atom. The number of carbonyl (C=O) groups excluding carboxylic acids is 2. The predicted octanol–water partition coefficient (Wildman–Crippen LogP) is 12.5. The molecule has 0 radical (unpaired) electrons. The highest BCUT2D eigenvalue weighted by molar-refractivity contribution is 5.73. The van der Waals surface area contributed by atoms with Gasteiger partial charge in [0.15, 0.2) is 18.5 Å². The van der Waals surface area contributed by atoms with Crippen LogP contribution >= 0.6 is 0 Å². The lowest BCUT2D eigenvalue weighted by Gasteiger charge is -2.38. The van der Waals surface area contributed by atoms with E-state index in [9.17, 15) is 34.8 Å². The molecule has 0 aromatic heterocycles. The Labute approximate surface area is 389 Å². The Balaban J connectivity index is 2.26. The van der Waals surface area contributed by atoms with Crippen molar-refractivity contribution in [1.29, 1.82) is 0 Å². The van der Waals surface area contributed by atoms with Crippen molar-refractivity contribution in [3.8, 4) is 0 Å². The molecule has 6 atom stereocenters. The van der Waals surface area contributed by atoms with E-state index >= 15 is 0 Å². The average molecular weight is 909 g/mol. The lowest BCUT2D eigenvalue weighted by molar-refractivity contribution is -0.298. The van der Waals surface area contributed by atoms with E-state index in [0.717, 1.165) is 44.9 Å². The molecule has 11 nitrogen and oxygen atoms in total. The van der Waals surface area contributed by atoms with E-state index in [4.69, 9.17) is 18.9 Å². The molecule has 4 N–H and O–H groups in total. The number of rotatable bonds is 45. The number of unbranched alkanes of at least 4 members (excludes halogenated alkanes) is 30. The van der Waals surface area contributed by atoms with Gasteiger partial charge in [0.05, 0.1) is 6.61 Å². The van der Waals surface area contributed by atoms with Gasteiger partial charge in [0.2, 0.25) is 0 Å². The number of hydrogen-bond donors (Lipinski definition) is 4. The summed E-state index contributed by atoms with van der Waals surface area (Å²) in [6.45, 7) is 3.84. The molecule has 1 fully saturated rings. The number of carboxylic acid groups (broad SMARTS) is 1. The van der Waals surface area contributed by atoms with Gasteiger partial charge in [-0.15, -0.1) is 0 Å². The molecule has 374 valence electrons. The molecule has 1 rings (SSSR count). The fourth-order valence-electron chi connectivity index (χ4n) is 8.15. The van der Waals surface area contributed by atoms with Gasteiger partial charge in [-0.3, -0.25) is 9.59 Å². The maximum absolute atomic E-state index is 12.8. The zero-order chi connectivity index (χ0) is 46.7. The van der Waals surface area contributed by atoms with Crippen LogP contribution in [0.3, 0.4) is 0 Å². The van der Waals surface area contributed by atoms with Crippen LogP contribution < -0.4 is 0 Å². The molecular weight excluding hydrogens is 813 g/mol. The molecule has 0 saturated carbocycles. The predicted molar refractivity (Wildman–Crippen MR) is 257 cm³/mol. The maximum atomic E-state index is 12.8. The van der Waals surface area contributed by atoms with Crippen molar-refractivity contribution in [2.75, 3.05) is 13.2 Å². The third kappa shape index (κ3) is 34.1. The second-order valence-electron chi connectivity index (χ2n) is 18.4. The maximum Gasteiger partial charge on any atom is 0.335 e. The third-order valence-electron chi connectivity index (χ3n) is 12.3. The highest BCUT2D eigenvalue weighted by atomic mass is 16.7. The normalized spacial score (nSPS) is 19.4. The van der Waals surface area contributed by atoms with Crippen LogP contribution in [0.1, 0.15) is 245 Å². The average Bonchev–Trinajstić information content (AvgIpc) is 3.28. The topological polar surface area (TPSA) is 169 Å². The van der Waals surface area contributed by atoms with E-state index < -0.39 is 54.7 Å². The van der Waals surface area contributed by atoms with Gasteiger partial charge in [-0.25, -0.2) is 4.79 Å². The van der Waals surface area contributed by atoms with Crippen molar-refractivity contribution in [1.82, 2.24) is 0 Å². The summed E-state index contributed by atoms with van der Waals surface area (Å²) in [5, 5.41) is 39.9. The number of esters is 2. The van der Waals surface area contributed by atoms with Crippen molar-refractivity contribution in [3.05, 3.63) is 24.3 Å². The van der Waals surface area contributed by atoms with Gasteiger partial charge < -0.3 is 39.4 Å². The number of aliphatic hydroxyl groups is 3. The third-order valence-corrected chi connectivity index (χ3v) is 12.3. The summed E-state index contributed by atoms with van der Waals surface area (Å²) in [4.78, 5) is 37.0. The Morgan fingerprint density at radius 1 is 0.484 bits per heavy atom. The van der Waals surface area contributed by atoms with E-state index in [2.05, 4.69) is 38.2 Å². The van der Waals surface area contributed by atoms with Gasteiger partial charge in [0, 0.05) is 12.8 Å². The van der Waals surface area contributed by atoms with Crippen LogP contribution in [-0.2, 0) is 33.3 Å². The Kier molecular flexibility index (Phi) is 40.4. The quantitative estimate of drug-likeness (QED) is 0.0261. The van der Waals surface area contributed by atoms with Crippen LogP contribution in [0.25, 0.3) is 0 Å². The number of ether oxygens (including phenoxy) is 4. The number of aliphatic carboxylic acids is 1. The van der Waals surface area contributed by atoms with Crippen molar-refractivity contribution < 1.29 is 53.8 Å². The second-order valence-corrected chi connectivity index (χ2v) is 18.4. The van der Waals surface area contributed by atoms with Crippen LogP contribution in [0.5, 0.6) is 0 Å². The van der Waals surface area contributed by atoms with Crippen LogP contribution in [0.2, 0.25) is 0 Å². The number of allylic oxidation sites excluding steroid dienone is 4. The van der Waals surface area contributed by atoms with E-state index in [1.165, 1.54) is 161 Å². The summed E-state index contributed by atoms with van der Waals surface area (Å²) < 4.78 is 21.8. The van der Waals surface area contributed by atoms with Gasteiger partial charge in [-0.1, -0.05) is 212 Å². The largest absolute Gasteiger partial charge is 0.479 e. The molecule has 11 heteroatoms. The number of carboxylic acids is 1. The highest BCUT2D eigenvalue weighted by Gasteiger charge is 2.47. The molecule has 0 aliphatic carbocycles. The first-order chi connectivity index (χ1) is 31.2. The lowest BCUT2D eigenvalue weighted by Crippen LogP contribution is -2.60. The molecule has 1 aliphatic heterocycles. The Bertz CT molecular complexity index is 1160. The Hall–Kier alpha value is -2.31. The summed E-state index contributed by atoms with van der Waals surface area (Å²) in [6, 6.07) is 0. The zero-order valence-corrected chi connectivity index (χ0v) is 40.8. The minimum absolute atomic E-state index is 0.187. The fraction of sp³-hybridized carbons (Fsp3) is 0.868. The Morgan fingerprint density at radius 3 is 1.30 bits per heavy atom. The summed E-state index contributed by atoms with van der Waals surface area (Å²) in [6.07, 6.45) is 40.8. The standard InChI is InChI=1S/C53H96O11/c1-3-5-7-9-11-13-15-17-19-20-21-22-23-24-25-26-28-29-31-33-35-37-39-41-46(54)61-43-45(44-62-53-50(58)48(56)49(57)51(64-53)52(59)60)63-47(55)42-40-38-36-34-32-30-27-18-16-14-12-10-8-6-4-2/h15,17,20-21,45,48-51,53,56-58H,3-14,16,18-19,22-44H2,1-2H3,(H,59,60)/b17-15-,21-20-. The number of hydrogen-bond acceptors (Lipinski definition) is 10. The van der Waals surface area contributed by atoms with E-state index in [-0.39, 0.29) is 26.1 Å². The molecule has 1 aliphatic rings. The SMILES string of the molecule is CCCCCCC/C=C\C/C=C\CCCCCCCCCCCCCC(=O)OCC(COC1OC(C(=O)O)C(O)C(O)C1O)OC(=O)CCCCCCCCCCCCCCCCC. The first-order valence-corrected chi connectivity index (χ1v) is 26.4. The van der Waals surface area contributed by atoms with Crippen LogP contribution in [0.15, 0.2) is 24.3 Å². The summed E-state index contributed by atoms with van der Waals surface area (Å²) in [5.74, 6) is -2.43. The molecule has 1 heterocycles. The van der Waals surface area contributed by atoms with Crippen molar-refractivity contribution in [2.45, 2.75) is 282 Å². The number of aliphatic hydroxyl groups excluding tert-OH is 3. The minimum Gasteiger partial charge on any atom is -0.479 e. The molecule has 1 saturated heterocycles. The molecule has 0 aromatic carbocycles. The minimum atomic E-state index is -1.86. The van der Waals surface area contributed by atoms with Gasteiger partial charge in [-0.05, 0) is 44.9 Å². The van der Waals surface area contributed by atoms with E-state index in [0.29, 0.717) is 12.8 Å². The molecule has 0 amide bonds. The van der Waals surface area contributed by atoms with Crippen molar-refractivity contribution in [3.63, 3.8) is 0 Å². The first kappa shape index (κ1) is 59.7. The van der Waals surface area contributed by atoms with Crippen LogP contribution in [-0.4, -0.2) is 88.4 Å².